The Kier molecular flexibility index (Phi) is 5.85. The molecule has 0 aliphatic carbocycles. The number of aryl methyl sites for hydroxylation is 1. The molecule has 5 nitrogen and oxygen atoms in total. The second-order valence-electron chi connectivity index (χ2n) is 8.78. The van der Waals surface area contributed by atoms with E-state index in [1.165, 1.54) is 6.08 Å². The number of allylic oxidation sites excluding steroid dienone is 2. The van der Waals surface area contributed by atoms with Gasteiger partial charge in [0.2, 0.25) is 6.29 Å². The highest BCUT2D eigenvalue weighted by Crippen LogP contribution is 2.42. The fourth-order valence-electron chi connectivity index (χ4n) is 3.68. The summed E-state index contributed by atoms with van der Waals surface area (Å²) < 4.78 is 17.4. The zero-order valence-electron chi connectivity index (χ0n) is 19.0. The highest BCUT2D eigenvalue weighted by molar-refractivity contribution is 5.98. The standard InChI is InChI=1S/C27H27NO4/c1-17-11-13-22-19(15-17)16-21-24(28-22)20(12-14-23(29)32-27(2,3)4)25(31-26(21)30-5)18-9-7-6-8-10-18/h6-16,26H,1-5H3/b14-12+. The Hall–Kier alpha value is -3.44. The van der Waals surface area contributed by atoms with Crippen molar-refractivity contribution >= 4 is 28.2 Å². The quantitative estimate of drug-likeness (QED) is 0.377. The summed E-state index contributed by atoms with van der Waals surface area (Å²) in [6, 6.07) is 17.9. The van der Waals surface area contributed by atoms with Gasteiger partial charge in [-0.25, -0.2) is 9.78 Å². The molecule has 32 heavy (non-hydrogen) atoms. The van der Waals surface area contributed by atoms with Crippen LogP contribution >= 0.6 is 0 Å². The van der Waals surface area contributed by atoms with E-state index in [-0.39, 0.29) is 0 Å². The first-order chi connectivity index (χ1) is 15.2. The van der Waals surface area contributed by atoms with Crippen LogP contribution in [0.2, 0.25) is 0 Å². The number of pyridine rings is 1. The molecule has 0 saturated carbocycles. The van der Waals surface area contributed by atoms with Gasteiger partial charge < -0.3 is 14.2 Å². The predicted octanol–water partition coefficient (Wildman–Crippen LogP) is 5.98. The maximum atomic E-state index is 12.4. The van der Waals surface area contributed by atoms with Crippen LogP contribution in [-0.2, 0) is 19.0 Å². The Balaban J connectivity index is 1.91. The van der Waals surface area contributed by atoms with Crippen molar-refractivity contribution in [3.05, 3.63) is 89.1 Å². The van der Waals surface area contributed by atoms with Crippen molar-refractivity contribution in [2.75, 3.05) is 7.11 Å². The SMILES string of the molecule is COC1OC(c2ccccc2)=C(/C=C/C(=O)OC(C)(C)C)c2nc3ccc(C)cc3cc21. The molecule has 2 aromatic carbocycles. The van der Waals surface area contributed by atoms with E-state index in [2.05, 4.69) is 6.07 Å². The third-order valence-electron chi connectivity index (χ3n) is 5.02. The van der Waals surface area contributed by atoms with Gasteiger partial charge in [0, 0.05) is 35.3 Å². The molecule has 5 heteroatoms. The molecule has 0 spiro atoms. The minimum absolute atomic E-state index is 0.427. The van der Waals surface area contributed by atoms with Crippen molar-refractivity contribution in [1.29, 1.82) is 0 Å². The fraction of sp³-hybridized carbons (Fsp3) is 0.259. The Bertz CT molecular complexity index is 1220. The molecule has 0 amide bonds. The van der Waals surface area contributed by atoms with E-state index in [0.29, 0.717) is 11.3 Å². The number of methoxy groups -OCH3 is 1. The molecule has 0 saturated heterocycles. The number of hydrogen-bond acceptors (Lipinski definition) is 5. The maximum Gasteiger partial charge on any atom is 0.331 e. The molecule has 1 aliphatic rings. The van der Waals surface area contributed by atoms with E-state index in [9.17, 15) is 4.79 Å². The zero-order chi connectivity index (χ0) is 22.9. The molecule has 3 aromatic rings. The molecule has 0 radical (unpaired) electrons. The Morgan fingerprint density at radius 1 is 1.09 bits per heavy atom. The normalized spacial score (nSPS) is 16.2. The van der Waals surface area contributed by atoms with Crippen LogP contribution in [0.15, 0.2) is 66.7 Å². The summed E-state index contributed by atoms with van der Waals surface area (Å²) in [4.78, 5) is 17.4. The topological polar surface area (TPSA) is 57.7 Å². The number of carbonyl (C=O) groups is 1. The number of esters is 1. The summed E-state index contributed by atoms with van der Waals surface area (Å²) in [5, 5.41) is 1.01. The van der Waals surface area contributed by atoms with Crippen LogP contribution in [-0.4, -0.2) is 23.7 Å². The maximum absolute atomic E-state index is 12.4. The molecule has 1 unspecified atom stereocenters. The summed E-state index contributed by atoms with van der Waals surface area (Å²) in [6.45, 7) is 7.56. The minimum atomic E-state index is -0.615. The molecule has 164 valence electrons. The van der Waals surface area contributed by atoms with Gasteiger partial charge in [-0.3, -0.25) is 0 Å². The molecule has 1 aromatic heterocycles. The van der Waals surface area contributed by atoms with Gasteiger partial charge in [-0.2, -0.15) is 0 Å². The molecule has 1 atom stereocenters. The van der Waals surface area contributed by atoms with E-state index >= 15 is 0 Å². The summed E-state index contributed by atoms with van der Waals surface area (Å²) in [5.41, 5.74) is 4.54. The van der Waals surface area contributed by atoms with Crippen LogP contribution in [0.4, 0.5) is 0 Å². The van der Waals surface area contributed by atoms with Crippen molar-refractivity contribution in [3.63, 3.8) is 0 Å². The number of benzene rings is 2. The monoisotopic (exact) mass is 429 g/mol. The first-order valence-corrected chi connectivity index (χ1v) is 10.6. The van der Waals surface area contributed by atoms with Crippen molar-refractivity contribution in [2.24, 2.45) is 0 Å². The predicted molar refractivity (Wildman–Crippen MR) is 126 cm³/mol. The van der Waals surface area contributed by atoms with Gasteiger partial charge in [0.25, 0.3) is 0 Å². The van der Waals surface area contributed by atoms with Crippen LogP contribution in [0.25, 0.3) is 22.2 Å². The van der Waals surface area contributed by atoms with Gasteiger partial charge in [0.15, 0.2) is 0 Å². The van der Waals surface area contributed by atoms with Gasteiger partial charge in [-0.15, -0.1) is 0 Å². The zero-order valence-corrected chi connectivity index (χ0v) is 19.0. The van der Waals surface area contributed by atoms with Gasteiger partial charge in [-0.1, -0.05) is 42.0 Å². The Labute approximate surface area is 188 Å². The molecule has 0 fully saturated rings. The Morgan fingerprint density at radius 3 is 2.53 bits per heavy atom. The highest BCUT2D eigenvalue weighted by atomic mass is 16.7. The van der Waals surface area contributed by atoms with Crippen LogP contribution < -0.4 is 0 Å². The molecule has 1 aliphatic heterocycles. The van der Waals surface area contributed by atoms with Crippen molar-refractivity contribution in [1.82, 2.24) is 4.98 Å². The molecule has 2 heterocycles. The molecule has 0 bridgehead atoms. The van der Waals surface area contributed by atoms with Crippen molar-refractivity contribution < 1.29 is 19.0 Å². The van der Waals surface area contributed by atoms with Crippen molar-refractivity contribution in [2.45, 2.75) is 39.6 Å². The van der Waals surface area contributed by atoms with E-state index in [0.717, 1.165) is 33.3 Å². The third-order valence-corrected chi connectivity index (χ3v) is 5.02. The first kappa shape index (κ1) is 21.8. The van der Waals surface area contributed by atoms with Crippen LogP contribution in [0.1, 0.15) is 49.4 Å². The van der Waals surface area contributed by atoms with Crippen LogP contribution in [0, 0.1) is 6.92 Å². The second-order valence-corrected chi connectivity index (χ2v) is 8.78. The number of fused-ring (bicyclic) bond motifs is 2. The van der Waals surface area contributed by atoms with E-state index in [1.807, 2.05) is 76.2 Å². The average molecular weight is 430 g/mol. The van der Waals surface area contributed by atoms with Crippen LogP contribution in [0.3, 0.4) is 0 Å². The van der Waals surface area contributed by atoms with Crippen molar-refractivity contribution in [3.8, 4) is 0 Å². The molecule has 0 N–H and O–H groups in total. The lowest BCUT2D eigenvalue weighted by Gasteiger charge is -2.29. The lowest BCUT2D eigenvalue weighted by Crippen LogP contribution is -2.22. The van der Waals surface area contributed by atoms with Gasteiger partial charge in [-0.05, 0) is 52.0 Å². The number of aromatic nitrogens is 1. The molecular weight excluding hydrogens is 402 g/mol. The average Bonchev–Trinajstić information content (AvgIpc) is 2.75. The molecular formula is C27H27NO4. The number of rotatable bonds is 4. The third kappa shape index (κ3) is 4.58. The smallest absolute Gasteiger partial charge is 0.331 e. The van der Waals surface area contributed by atoms with E-state index in [1.54, 1.807) is 13.2 Å². The number of hydrogen-bond donors (Lipinski definition) is 0. The number of carbonyl (C=O) groups excluding carboxylic acids is 1. The fourth-order valence-corrected chi connectivity index (χ4v) is 3.68. The van der Waals surface area contributed by atoms with Gasteiger partial charge in [0.05, 0.1) is 11.2 Å². The van der Waals surface area contributed by atoms with Gasteiger partial charge >= 0.3 is 5.97 Å². The molecule has 4 rings (SSSR count). The summed E-state index contributed by atoms with van der Waals surface area (Å²) in [7, 11) is 1.61. The lowest BCUT2D eigenvalue weighted by molar-refractivity contribution is -0.148. The number of ether oxygens (including phenoxy) is 3. The minimum Gasteiger partial charge on any atom is -0.459 e. The highest BCUT2D eigenvalue weighted by Gasteiger charge is 2.30. The first-order valence-electron chi connectivity index (χ1n) is 10.6. The summed E-state index contributed by atoms with van der Waals surface area (Å²) in [5.74, 6) is 0.174. The number of nitrogens with zero attached hydrogens (tertiary/aromatic N) is 1. The van der Waals surface area contributed by atoms with Crippen LogP contribution in [0.5, 0.6) is 0 Å². The lowest BCUT2D eigenvalue weighted by atomic mass is 9.96. The largest absolute Gasteiger partial charge is 0.459 e. The van der Waals surface area contributed by atoms with Gasteiger partial charge in [0.1, 0.15) is 11.4 Å². The van der Waals surface area contributed by atoms with E-state index in [4.69, 9.17) is 19.2 Å². The summed E-state index contributed by atoms with van der Waals surface area (Å²) in [6.07, 6.45) is 2.52. The van der Waals surface area contributed by atoms with E-state index < -0.39 is 17.9 Å². The Morgan fingerprint density at radius 2 is 1.84 bits per heavy atom. The second kappa shape index (κ2) is 8.60. The summed E-state index contributed by atoms with van der Waals surface area (Å²) >= 11 is 0.